The number of allylic oxidation sites excluding steroid dienone is 2. The maximum Gasteiger partial charge on any atom is 0.161 e. The van der Waals surface area contributed by atoms with Crippen LogP contribution in [0, 0.1) is 45.3 Å². The smallest absolute Gasteiger partial charge is 0.161 e. The second-order valence-corrected chi connectivity index (χ2v) is 22.5. The molecule has 7 rings (SSSR count). The number of aliphatic hydroxyl groups is 7. The number of ether oxygens (including phenoxy) is 6. The Balaban J connectivity index is 0.983. The molecule has 0 bridgehead atoms. The van der Waals surface area contributed by atoms with Crippen LogP contribution in [-0.4, -0.2) is 129 Å². The molecule has 63 heavy (non-hydrogen) atoms. The van der Waals surface area contributed by atoms with Gasteiger partial charge in [0.25, 0.3) is 0 Å². The molecule has 4 aliphatic carbocycles. The highest BCUT2D eigenvalue weighted by molar-refractivity contribution is 5.30. The molecule has 360 valence electrons. The van der Waals surface area contributed by atoms with Gasteiger partial charge in [-0.2, -0.15) is 0 Å². The van der Waals surface area contributed by atoms with Crippen LogP contribution in [-0.2, 0) is 28.4 Å². The normalized spacial score (nSPS) is 45.5. The van der Waals surface area contributed by atoms with Gasteiger partial charge < -0.3 is 64.2 Å². The number of fused-ring (bicyclic) bond motifs is 5. The molecule has 0 radical (unpaired) electrons. The zero-order chi connectivity index (χ0) is 45.7. The first kappa shape index (κ1) is 49.3. The van der Waals surface area contributed by atoms with E-state index in [1.807, 2.05) is 0 Å². The first-order valence-electron chi connectivity index (χ1n) is 24.3. The Bertz CT molecular complexity index is 1630. The Morgan fingerprint density at radius 2 is 1.54 bits per heavy atom. The molecule has 13 nitrogen and oxygen atoms in total. The molecule has 3 heterocycles. The Labute approximate surface area is 376 Å². The van der Waals surface area contributed by atoms with Crippen molar-refractivity contribution in [1.82, 2.24) is 0 Å². The van der Waals surface area contributed by atoms with Crippen molar-refractivity contribution < 1.29 is 64.2 Å². The summed E-state index contributed by atoms with van der Waals surface area (Å²) in [6.07, 6.45) is 9.68. The third-order valence-electron chi connectivity index (χ3n) is 17.9. The van der Waals surface area contributed by atoms with E-state index in [0.29, 0.717) is 43.4 Å². The van der Waals surface area contributed by atoms with Crippen molar-refractivity contribution in [1.29, 1.82) is 0 Å². The van der Waals surface area contributed by atoms with Crippen molar-refractivity contribution >= 4 is 0 Å². The second-order valence-electron chi connectivity index (χ2n) is 22.5. The van der Waals surface area contributed by atoms with Gasteiger partial charge >= 0.3 is 0 Å². The molecule has 3 saturated carbocycles. The van der Waals surface area contributed by atoms with Gasteiger partial charge in [0, 0.05) is 37.5 Å². The van der Waals surface area contributed by atoms with Crippen LogP contribution < -0.4 is 0 Å². The van der Waals surface area contributed by atoms with E-state index in [1.54, 1.807) is 13.8 Å². The van der Waals surface area contributed by atoms with Crippen molar-refractivity contribution in [3.05, 3.63) is 36.3 Å². The highest BCUT2D eigenvalue weighted by Crippen LogP contribution is 2.75. The minimum absolute atomic E-state index is 0.0219. The first-order chi connectivity index (χ1) is 29.7. The molecule has 0 aromatic carbocycles. The van der Waals surface area contributed by atoms with E-state index in [2.05, 4.69) is 53.3 Å². The molecular formula is C50H82O13. The lowest BCUT2D eigenvalue weighted by atomic mass is 9.39. The molecule has 6 fully saturated rings. The fourth-order valence-corrected chi connectivity index (χ4v) is 14.0. The SMILES string of the molecule is C=C[C@H](CC[C@@H](O[C@H]1C[C@@H](O)C[C@@H](CO/C=C2\O[C@H](CO)[C@@H](O)C[C@H]2O)O1)C(C)(C)O)C1CC[C@@]2(C)C3CC=C4C(CC[C@H](O[C@H]5C[C@@H](O)C[C@@H](CO)O5)C4(C)C)[C@]3(C)CC[C@]12C. The van der Waals surface area contributed by atoms with Crippen LogP contribution in [0.3, 0.4) is 0 Å². The molecule has 3 unspecified atom stereocenters. The van der Waals surface area contributed by atoms with E-state index in [9.17, 15) is 35.7 Å². The standard InChI is InChI=1S/C50H82O13/c1-9-29(10-14-43(47(4,5)57)63-45-23-31(54)21-33(60-45)27-58-28-40-38(56)24-37(55)39(26-52)61-40)34-16-17-50(8)41-13-11-35-36(48(41,6)18-19-49(34,50)7)12-15-42(46(35,2)3)62-44-22-30(53)20-32(25-51)59-44/h9,11,28-34,36-39,41-45,51-57H,1,10,12-27H2,2-8H3/b40-28-/t29-,30+,31+,32+,33+,34?,36?,37+,38-,39-,41?,42+,43-,44+,45+,48+,49-,50+/m1/s1. The van der Waals surface area contributed by atoms with Crippen molar-refractivity contribution in [2.75, 3.05) is 19.8 Å². The summed E-state index contributed by atoms with van der Waals surface area (Å²) in [4.78, 5) is 0. The molecule has 0 aromatic rings. The van der Waals surface area contributed by atoms with Crippen molar-refractivity contribution in [2.24, 2.45) is 45.3 Å². The van der Waals surface area contributed by atoms with Crippen LogP contribution in [0.5, 0.6) is 0 Å². The second kappa shape index (κ2) is 19.2. The molecule has 18 atom stereocenters. The zero-order valence-corrected chi connectivity index (χ0v) is 39.2. The molecule has 13 heteroatoms. The minimum atomic E-state index is -1.17. The summed E-state index contributed by atoms with van der Waals surface area (Å²) in [5, 5.41) is 72.4. The monoisotopic (exact) mass is 891 g/mol. The Morgan fingerprint density at radius 1 is 0.841 bits per heavy atom. The maximum absolute atomic E-state index is 11.4. The highest BCUT2D eigenvalue weighted by Gasteiger charge is 2.67. The lowest BCUT2D eigenvalue weighted by molar-refractivity contribution is -0.261. The summed E-state index contributed by atoms with van der Waals surface area (Å²) in [5.41, 5.74) is 0.595. The van der Waals surface area contributed by atoms with Gasteiger partial charge in [-0.05, 0) is 112 Å². The van der Waals surface area contributed by atoms with Crippen molar-refractivity contribution in [2.45, 2.75) is 211 Å². The van der Waals surface area contributed by atoms with Crippen LogP contribution >= 0.6 is 0 Å². The average Bonchev–Trinajstić information content (AvgIpc) is 3.49. The fraction of sp³-hybridized carbons (Fsp3) is 0.880. The minimum Gasteiger partial charge on any atom is -0.495 e. The predicted molar refractivity (Wildman–Crippen MR) is 235 cm³/mol. The topological polar surface area (TPSA) is 197 Å². The summed E-state index contributed by atoms with van der Waals surface area (Å²) in [6.45, 7) is 19.9. The number of aliphatic hydroxyl groups excluding tert-OH is 6. The molecule has 3 aliphatic heterocycles. The van der Waals surface area contributed by atoms with Crippen LogP contribution in [0.1, 0.15) is 138 Å². The van der Waals surface area contributed by atoms with Gasteiger partial charge in [0.05, 0.1) is 61.5 Å². The molecule has 7 aliphatic rings. The Hall–Kier alpha value is -1.62. The number of hydrogen-bond acceptors (Lipinski definition) is 13. The van der Waals surface area contributed by atoms with E-state index in [1.165, 1.54) is 24.7 Å². The largest absolute Gasteiger partial charge is 0.495 e. The third kappa shape index (κ3) is 9.74. The maximum atomic E-state index is 11.4. The molecular weight excluding hydrogens is 809 g/mol. The van der Waals surface area contributed by atoms with Crippen molar-refractivity contribution in [3.8, 4) is 0 Å². The van der Waals surface area contributed by atoms with E-state index in [-0.39, 0.29) is 65.5 Å². The van der Waals surface area contributed by atoms with E-state index < -0.39 is 73.6 Å². The predicted octanol–water partition coefficient (Wildman–Crippen LogP) is 5.80. The van der Waals surface area contributed by atoms with Crippen LogP contribution in [0.4, 0.5) is 0 Å². The molecule has 7 N–H and O–H groups in total. The molecule has 3 saturated heterocycles. The van der Waals surface area contributed by atoms with Gasteiger partial charge in [-0.1, -0.05) is 52.3 Å². The summed E-state index contributed by atoms with van der Waals surface area (Å²) in [7, 11) is 0. The fourth-order valence-electron chi connectivity index (χ4n) is 14.0. The molecule has 0 amide bonds. The summed E-state index contributed by atoms with van der Waals surface area (Å²) < 4.78 is 36.8. The quantitative estimate of drug-likeness (QED) is 0.0771. The van der Waals surface area contributed by atoms with Crippen LogP contribution in [0.25, 0.3) is 0 Å². The van der Waals surface area contributed by atoms with E-state index in [0.717, 1.165) is 38.5 Å². The van der Waals surface area contributed by atoms with Gasteiger partial charge in [0.15, 0.2) is 18.3 Å². The van der Waals surface area contributed by atoms with Gasteiger partial charge in [0.1, 0.15) is 25.1 Å². The first-order valence-corrected chi connectivity index (χ1v) is 24.3. The lowest BCUT2D eigenvalue weighted by Crippen LogP contribution is -2.59. The van der Waals surface area contributed by atoms with E-state index in [4.69, 9.17) is 28.4 Å². The van der Waals surface area contributed by atoms with Gasteiger partial charge in [0.2, 0.25) is 0 Å². The summed E-state index contributed by atoms with van der Waals surface area (Å²) in [6, 6.07) is 0. The Kier molecular flexibility index (Phi) is 15.0. The highest BCUT2D eigenvalue weighted by atomic mass is 16.7. The number of hydrogen-bond donors (Lipinski definition) is 7. The summed E-state index contributed by atoms with van der Waals surface area (Å²) >= 11 is 0. The summed E-state index contributed by atoms with van der Waals surface area (Å²) in [5.74, 6) is 1.82. The van der Waals surface area contributed by atoms with E-state index >= 15 is 0 Å². The van der Waals surface area contributed by atoms with Crippen LogP contribution in [0.2, 0.25) is 0 Å². The average molecular weight is 891 g/mol. The van der Waals surface area contributed by atoms with Crippen molar-refractivity contribution in [3.63, 3.8) is 0 Å². The van der Waals surface area contributed by atoms with Gasteiger partial charge in [-0.15, -0.1) is 6.58 Å². The third-order valence-corrected chi connectivity index (χ3v) is 17.9. The lowest BCUT2D eigenvalue weighted by Gasteiger charge is -2.66. The number of rotatable bonds is 15. The molecule has 0 aromatic heterocycles. The molecule has 0 spiro atoms. The van der Waals surface area contributed by atoms with Crippen LogP contribution in [0.15, 0.2) is 36.3 Å². The zero-order valence-electron chi connectivity index (χ0n) is 39.2. The van der Waals surface area contributed by atoms with Gasteiger partial charge in [-0.3, -0.25) is 0 Å². The van der Waals surface area contributed by atoms with Gasteiger partial charge in [-0.25, -0.2) is 0 Å². The Morgan fingerprint density at radius 3 is 2.22 bits per heavy atom.